The summed E-state index contributed by atoms with van der Waals surface area (Å²) in [5.41, 5.74) is 2.09. The standard InChI is InChI=1S/C19H13FN4OS/c20-13-5-3-11(4-6-13)18-22-19-21-15-8-12(17-2-1-7-26-17)9-16(25)14(15)10-24(19)23-18/h1-7,10,12H,8-9H2/t12-/m1/s1. The number of aromatic nitrogens is 4. The maximum Gasteiger partial charge on any atom is 0.252 e. The number of hydrogen-bond donors (Lipinski definition) is 0. The second-order valence-electron chi connectivity index (χ2n) is 6.33. The number of nitrogens with zero attached hydrogens (tertiary/aromatic N) is 4. The SMILES string of the molecule is O=C1C[C@H](c2cccs2)Cc2nc3nc(-c4ccc(F)cc4)nn3cc21. The van der Waals surface area contributed by atoms with Gasteiger partial charge in [-0.3, -0.25) is 4.79 Å². The van der Waals surface area contributed by atoms with Crippen LogP contribution >= 0.6 is 11.3 Å². The van der Waals surface area contributed by atoms with Crippen molar-refractivity contribution < 1.29 is 9.18 Å². The van der Waals surface area contributed by atoms with Crippen LogP contribution in [-0.4, -0.2) is 25.4 Å². The minimum absolute atomic E-state index is 0.0814. The van der Waals surface area contributed by atoms with Gasteiger partial charge in [0.1, 0.15) is 5.82 Å². The van der Waals surface area contributed by atoms with Crippen molar-refractivity contribution in [3.63, 3.8) is 0 Å². The Hall–Kier alpha value is -2.93. The summed E-state index contributed by atoms with van der Waals surface area (Å²) in [6, 6.07) is 10.1. The normalized spacial score (nSPS) is 16.8. The van der Waals surface area contributed by atoms with Gasteiger partial charge in [0, 0.05) is 29.0 Å². The Bertz CT molecular complexity index is 1120. The Morgan fingerprint density at radius 3 is 2.73 bits per heavy atom. The first-order valence-corrected chi connectivity index (χ1v) is 9.14. The van der Waals surface area contributed by atoms with Gasteiger partial charge in [-0.2, -0.15) is 4.98 Å². The van der Waals surface area contributed by atoms with Crippen LogP contribution in [0.15, 0.2) is 48.0 Å². The molecular weight excluding hydrogens is 351 g/mol. The molecule has 0 saturated heterocycles. The van der Waals surface area contributed by atoms with Gasteiger partial charge in [-0.15, -0.1) is 16.4 Å². The molecule has 1 aromatic carbocycles. The molecule has 0 bridgehead atoms. The smallest absolute Gasteiger partial charge is 0.252 e. The van der Waals surface area contributed by atoms with E-state index >= 15 is 0 Å². The summed E-state index contributed by atoms with van der Waals surface area (Å²) >= 11 is 1.67. The van der Waals surface area contributed by atoms with Crippen molar-refractivity contribution in [2.75, 3.05) is 0 Å². The van der Waals surface area contributed by atoms with E-state index in [9.17, 15) is 9.18 Å². The molecule has 0 aliphatic heterocycles. The third-order valence-corrected chi connectivity index (χ3v) is 5.67. The summed E-state index contributed by atoms with van der Waals surface area (Å²) in [5.74, 6) is 0.850. The van der Waals surface area contributed by atoms with E-state index in [4.69, 9.17) is 0 Å². The molecule has 0 fully saturated rings. The lowest BCUT2D eigenvalue weighted by Gasteiger charge is -2.21. The monoisotopic (exact) mass is 364 g/mol. The van der Waals surface area contributed by atoms with Crippen LogP contribution in [0, 0.1) is 5.82 Å². The summed E-state index contributed by atoms with van der Waals surface area (Å²) in [6.07, 6.45) is 2.92. The summed E-state index contributed by atoms with van der Waals surface area (Å²) in [5, 5.41) is 6.42. The molecule has 4 aromatic rings. The van der Waals surface area contributed by atoms with Gasteiger partial charge in [-0.1, -0.05) is 6.07 Å². The lowest BCUT2D eigenvalue weighted by molar-refractivity contribution is 0.0963. The lowest BCUT2D eigenvalue weighted by atomic mass is 9.86. The third-order valence-electron chi connectivity index (χ3n) is 4.63. The number of hydrogen-bond acceptors (Lipinski definition) is 5. The molecule has 3 heterocycles. The molecule has 26 heavy (non-hydrogen) atoms. The van der Waals surface area contributed by atoms with Gasteiger partial charge in [0.25, 0.3) is 5.78 Å². The molecule has 5 rings (SSSR count). The molecule has 128 valence electrons. The molecule has 5 nitrogen and oxygen atoms in total. The fourth-order valence-corrected chi connectivity index (χ4v) is 4.16. The zero-order valence-corrected chi connectivity index (χ0v) is 14.4. The van der Waals surface area contributed by atoms with Crippen LogP contribution in [0.5, 0.6) is 0 Å². The predicted molar refractivity (Wildman–Crippen MR) is 95.9 cm³/mol. The number of rotatable bonds is 2. The number of ketones is 1. The topological polar surface area (TPSA) is 60.2 Å². The Balaban J connectivity index is 1.57. The van der Waals surface area contributed by atoms with Gasteiger partial charge in [0.05, 0.1) is 11.3 Å². The number of benzene rings is 1. The Kier molecular flexibility index (Phi) is 3.43. The average molecular weight is 364 g/mol. The zero-order valence-electron chi connectivity index (χ0n) is 13.6. The fourth-order valence-electron chi connectivity index (χ4n) is 3.33. The van der Waals surface area contributed by atoms with E-state index in [2.05, 4.69) is 21.1 Å². The van der Waals surface area contributed by atoms with Gasteiger partial charge < -0.3 is 0 Å². The summed E-state index contributed by atoms with van der Waals surface area (Å²) in [6.45, 7) is 0. The van der Waals surface area contributed by atoms with E-state index in [0.29, 0.717) is 29.1 Å². The number of fused-ring (bicyclic) bond motifs is 2. The minimum atomic E-state index is -0.309. The molecule has 1 atom stereocenters. The first-order chi connectivity index (χ1) is 12.7. The first kappa shape index (κ1) is 15.3. The minimum Gasteiger partial charge on any atom is -0.294 e. The van der Waals surface area contributed by atoms with Crippen LogP contribution in [0.1, 0.15) is 33.3 Å². The molecule has 3 aromatic heterocycles. The Morgan fingerprint density at radius 2 is 1.96 bits per heavy atom. The van der Waals surface area contributed by atoms with Crippen molar-refractivity contribution in [2.24, 2.45) is 0 Å². The molecule has 7 heteroatoms. The van der Waals surface area contributed by atoms with E-state index in [1.165, 1.54) is 21.5 Å². The van der Waals surface area contributed by atoms with Gasteiger partial charge in [0.2, 0.25) is 0 Å². The van der Waals surface area contributed by atoms with Gasteiger partial charge in [-0.25, -0.2) is 13.9 Å². The highest BCUT2D eigenvalue weighted by Crippen LogP contribution is 2.34. The van der Waals surface area contributed by atoms with Crippen molar-refractivity contribution in [3.05, 3.63) is 69.9 Å². The maximum atomic E-state index is 13.1. The number of Topliss-reactive ketones (excluding diaryl/α,β-unsaturated/α-hetero) is 1. The number of carbonyl (C=O) groups excluding carboxylic acids is 1. The maximum absolute atomic E-state index is 13.1. The second kappa shape index (κ2) is 5.81. The Labute approximate surface area is 152 Å². The summed E-state index contributed by atoms with van der Waals surface area (Å²) < 4.78 is 14.6. The van der Waals surface area contributed by atoms with Crippen molar-refractivity contribution in [1.29, 1.82) is 0 Å². The van der Waals surface area contributed by atoms with E-state index in [1.54, 1.807) is 29.7 Å². The van der Waals surface area contributed by atoms with E-state index < -0.39 is 0 Å². The Morgan fingerprint density at radius 1 is 1.12 bits per heavy atom. The average Bonchev–Trinajstić information content (AvgIpc) is 3.30. The van der Waals surface area contributed by atoms with Gasteiger partial charge >= 0.3 is 0 Å². The summed E-state index contributed by atoms with van der Waals surface area (Å²) in [4.78, 5) is 22.9. The van der Waals surface area contributed by atoms with Crippen LogP contribution in [0.2, 0.25) is 0 Å². The van der Waals surface area contributed by atoms with Crippen LogP contribution in [0.25, 0.3) is 17.2 Å². The number of carbonyl (C=O) groups is 1. The number of halogens is 1. The first-order valence-electron chi connectivity index (χ1n) is 8.26. The zero-order chi connectivity index (χ0) is 17.7. The van der Waals surface area contributed by atoms with Crippen molar-refractivity contribution in [3.8, 4) is 11.4 Å². The second-order valence-corrected chi connectivity index (χ2v) is 7.31. The molecule has 0 saturated carbocycles. The highest BCUT2D eigenvalue weighted by Gasteiger charge is 2.29. The number of thiophene rings is 1. The molecule has 0 unspecified atom stereocenters. The molecule has 0 spiro atoms. The molecule has 0 radical (unpaired) electrons. The molecule has 0 amide bonds. The molecule has 1 aliphatic carbocycles. The van der Waals surface area contributed by atoms with Crippen LogP contribution in [0.3, 0.4) is 0 Å². The predicted octanol–water partition coefficient (Wildman–Crippen LogP) is 3.90. The van der Waals surface area contributed by atoms with E-state index in [0.717, 1.165) is 12.1 Å². The van der Waals surface area contributed by atoms with Crippen LogP contribution in [-0.2, 0) is 6.42 Å². The van der Waals surface area contributed by atoms with E-state index in [1.807, 2.05) is 11.4 Å². The van der Waals surface area contributed by atoms with E-state index in [-0.39, 0.29) is 17.5 Å². The highest BCUT2D eigenvalue weighted by atomic mass is 32.1. The van der Waals surface area contributed by atoms with Crippen LogP contribution in [0.4, 0.5) is 4.39 Å². The summed E-state index contributed by atoms with van der Waals surface area (Å²) in [7, 11) is 0. The van der Waals surface area contributed by atoms with Crippen molar-refractivity contribution in [1.82, 2.24) is 19.6 Å². The fraction of sp³-hybridized carbons (Fsp3) is 0.158. The third kappa shape index (κ3) is 2.52. The van der Waals surface area contributed by atoms with Gasteiger partial charge in [0.15, 0.2) is 11.6 Å². The highest BCUT2D eigenvalue weighted by molar-refractivity contribution is 7.10. The molecular formula is C19H13FN4OS. The van der Waals surface area contributed by atoms with Gasteiger partial charge in [-0.05, 0) is 42.1 Å². The molecule has 0 N–H and O–H groups in total. The quantitative estimate of drug-likeness (QED) is 0.541. The van der Waals surface area contributed by atoms with Crippen LogP contribution < -0.4 is 0 Å². The largest absolute Gasteiger partial charge is 0.294 e. The van der Waals surface area contributed by atoms with Crippen molar-refractivity contribution >= 4 is 22.9 Å². The van der Waals surface area contributed by atoms with Crippen molar-refractivity contribution in [2.45, 2.75) is 18.8 Å². The lowest BCUT2D eigenvalue weighted by Crippen LogP contribution is -2.20. The molecule has 1 aliphatic rings.